The molecule has 52 heavy (non-hydrogen) atoms. The summed E-state index contributed by atoms with van der Waals surface area (Å²) >= 11 is 0. The Morgan fingerprint density at radius 3 is 2.33 bits per heavy atom. The largest absolute Gasteiger partial charge is 0.511 e. The van der Waals surface area contributed by atoms with Crippen molar-refractivity contribution in [1.29, 1.82) is 5.41 Å². The van der Waals surface area contributed by atoms with Crippen LogP contribution in [-0.4, -0.2) is 78.9 Å². The Hall–Kier alpha value is -5.80. The maximum Gasteiger partial charge on any atom is 0.511 e. The van der Waals surface area contributed by atoms with Gasteiger partial charge in [-0.3, -0.25) is 15.0 Å². The van der Waals surface area contributed by atoms with Gasteiger partial charge in [0.05, 0.1) is 13.2 Å². The van der Waals surface area contributed by atoms with Crippen LogP contribution in [0.15, 0.2) is 55.1 Å². The fraction of sp³-hybridized carbons (Fsp3) is 0.351. The Balaban J connectivity index is 1.71. The zero-order chi connectivity index (χ0) is 37.9. The lowest BCUT2D eigenvalue weighted by molar-refractivity contribution is -0.104. The molecule has 0 saturated heterocycles. The maximum absolute atomic E-state index is 13.9. The van der Waals surface area contributed by atoms with Gasteiger partial charge >= 0.3 is 12.1 Å². The van der Waals surface area contributed by atoms with Crippen LogP contribution in [0.5, 0.6) is 5.75 Å². The van der Waals surface area contributed by atoms with Crippen LogP contribution in [0.25, 0.3) is 17.2 Å². The molecule has 3 aromatic rings. The summed E-state index contributed by atoms with van der Waals surface area (Å²) in [6.07, 6.45) is -0.760. The third kappa shape index (κ3) is 10.6. The van der Waals surface area contributed by atoms with Crippen molar-refractivity contribution in [2.24, 2.45) is 5.92 Å². The standard InChI is InChI=1S/C37H43N5O10/c1-7-23-17-28(33(43)40-25-13-11-24(12-14-25)32(38)42-36(46)49-8-2)27(18-30(23)48-6)26-15-16-29(34(44)39-19-22-9-10-22)41-31(26)35(45)51-21(5)52-37(47)50-20(3)4/h7,11-18,20-22,36,46H,1,8-10,19H2,2-6H3,(H2,38,42)(H,39,44)(H,40,43). The molecule has 1 saturated carbocycles. The second kappa shape index (κ2) is 17.9. The van der Waals surface area contributed by atoms with Crippen molar-refractivity contribution in [3.05, 3.63) is 83.2 Å². The van der Waals surface area contributed by atoms with Crippen molar-refractivity contribution >= 4 is 41.5 Å². The summed E-state index contributed by atoms with van der Waals surface area (Å²) in [5, 5.41) is 26.1. The third-order valence-corrected chi connectivity index (χ3v) is 7.58. The molecule has 5 N–H and O–H groups in total. The van der Waals surface area contributed by atoms with Crippen LogP contribution in [0.3, 0.4) is 0 Å². The van der Waals surface area contributed by atoms with Gasteiger partial charge in [-0.15, -0.1) is 0 Å². The lowest BCUT2D eigenvalue weighted by Gasteiger charge is -2.19. The van der Waals surface area contributed by atoms with Gasteiger partial charge in [0.1, 0.15) is 17.3 Å². The van der Waals surface area contributed by atoms with Crippen LogP contribution >= 0.6 is 0 Å². The second-order valence-electron chi connectivity index (χ2n) is 12.0. The van der Waals surface area contributed by atoms with Crippen molar-refractivity contribution in [2.75, 3.05) is 25.6 Å². The Kier molecular flexibility index (Phi) is 13.4. The number of rotatable bonds is 16. The first kappa shape index (κ1) is 39.0. The molecule has 1 aromatic heterocycles. The number of amides is 2. The van der Waals surface area contributed by atoms with E-state index >= 15 is 0 Å². The average Bonchev–Trinajstić information content (AvgIpc) is 3.94. The minimum atomic E-state index is -1.40. The Morgan fingerprint density at radius 2 is 1.71 bits per heavy atom. The van der Waals surface area contributed by atoms with Gasteiger partial charge < -0.3 is 44.7 Å². The summed E-state index contributed by atoms with van der Waals surface area (Å²) in [7, 11) is 1.43. The third-order valence-electron chi connectivity index (χ3n) is 7.58. The van der Waals surface area contributed by atoms with Crippen LogP contribution in [0.1, 0.15) is 83.0 Å². The zero-order valence-electron chi connectivity index (χ0n) is 29.6. The van der Waals surface area contributed by atoms with Crippen LogP contribution in [0.2, 0.25) is 0 Å². The number of hydrogen-bond donors (Lipinski definition) is 5. The molecule has 15 nitrogen and oxygen atoms in total. The van der Waals surface area contributed by atoms with Gasteiger partial charge in [0.2, 0.25) is 12.7 Å². The van der Waals surface area contributed by atoms with Gasteiger partial charge in [-0.25, -0.2) is 14.6 Å². The van der Waals surface area contributed by atoms with Gasteiger partial charge in [-0.05, 0) is 88.1 Å². The molecular weight excluding hydrogens is 674 g/mol. The summed E-state index contributed by atoms with van der Waals surface area (Å²) < 4.78 is 26.0. The van der Waals surface area contributed by atoms with Crippen LogP contribution in [-0.2, 0) is 18.9 Å². The van der Waals surface area contributed by atoms with E-state index in [1.807, 2.05) is 0 Å². The van der Waals surface area contributed by atoms with E-state index in [1.54, 1.807) is 45.0 Å². The lowest BCUT2D eigenvalue weighted by atomic mass is 9.94. The second-order valence-corrected chi connectivity index (χ2v) is 12.0. The van der Waals surface area contributed by atoms with Crippen molar-refractivity contribution in [3.63, 3.8) is 0 Å². The van der Waals surface area contributed by atoms with Crippen LogP contribution < -0.4 is 20.7 Å². The van der Waals surface area contributed by atoms with Crippen LogP contribution in [0.4, 0.5) is 10.5 Å². The lowest BCUT2D eigenvalue weighted by Crippen LogP contribution is -2.36. The number of aliphatic hydroxyl groups excluding tert-OH is 1. The van der Waals surface area contributed by atoms with E-state index in [1.165, 1.54) is 44.4 Å². The molecule has 4 rings (SSSR count). The first-order chi connectivity index (χ1) is 24.8. The molecule has 2 aromatic carbocycles. The molecule has 1 aliphatic carbocycles. The number of carbonyl (C=O) groups excluding carboxylic acids is 4. The van der Waals surface area contributed by atoms with E-state index in [0.29, 0.717) is 35.0 Å². The number of pyridine rings is 1. The SMILES string of the molecule is C=Cc1cc(C(=O)Nc2ccc(C(=N)NC(O)OCC)cc2)c(-c2ccc(C(=O)NCC3CC3)nc2C(=O)OC(C)OC(=O)OC(C)C)cc1OC. The highest BCUT2D eigenvalue weighted by molar-refractivity contribution is 6.11. The summed E-state index contributed by atoms with van der Waals surface area (Å²) in [4.78, 5) is 57.1. The minimum absolute atomic E-state index is 0.0706. The van der Waals surface area contributed by atoms with E-state index in [-0.39, 0.29) is 40.5 Å². The van der Waals surface area contributed by atoms with Gasteiger partial charge in [0.25, 0.3) is 11.8 Å². The first-order valence-corrected chi connectivity index (χ1v) is 16.6. The highest BCUT2D eigenvalue weighted by Crippen LogP contribution is 2.35. The number of anilines is 1. The summed E-state index contributed by atoms with van der Waals surface area (Å²) in [5.41, 5.74) is 1.25. The van der Waals surface area contributed by atoms with Gasteiger partial charge in [0, 0.05) is 53.6 Å². The van der Waals surface area contributed by atoms with Gasteiger partial charge in [-0.1, -0.05) is 12.7 Å². The summed E-state index contributed by atoms with van der Waals surface area (Å²) in [6.45, 7) is 10.8. The predicted molar refractivity (Wildman–Crippen MR) is 191 cm³/mol. The number of hydrogen-bond acceptors (Lipinski definition) is 12. The molecule has 0 bridgehead atoms. The number of benzene rings is 2. The normalized spacial score (nSPS) is 13.3. The molecular formula is C37H43N5O10. The number of amidine groups is 1. The van der Waals surface area contributed by atoms with E-state index in [4.69, 9.17) is 29.1 Å². The Labute approximate surface area is 301 Å². The van der Waals surface area contributed by atoms with E-state index in [9.17, 15) is 24.3 Å². The molecule has 2 unspecified atom stereocenters. The summed E-state index contributed by atoms with van der Waals surface area (Å²) in [5.74, 6) is -1.52. The number of nitrogens with one attached hydrogen (secondary N) is 4. The van der Waals surface area contributed by atoms with Gasteiger partial charge in [0.15, 0.2) is 5.69 Å². The Bertz CT molecular complexity index is 1810. The fourth-order valence-electron chi connectivity index (χ4n) is 4.86. The van der Waals surface area contributed by atoms with Crippen molar-refractivity contribution in [1.82, 2.24) is 15.6 Å². The monoisotopic (exact) mass is 717 g/mol. The van der Waals surface area contributed by atoms with E-state index in [0.717, 1.165) is 12.8 Å². The maximum atomic E-state index is 13.9. The summed E-state index contributed by atoms with van der Waals surface area (Å²) in [6, 6.07) is 12.2. The minimum Gasteiger partial charge on any atom is -0.496 e. The van der Waals surface area contributed by atoms with Crippen molar-refractivity contribution in [3.8, 4) is 16.9 Å². The molecule has 0 aliphatic heterocycles. The predicted octanol–water partition coefficient (Wildman–Crippen LogP) is 5.08. The fourth-order valence-corrected chi connectivity index (χ4v) is 4.86. The number of methoxy groups -OCH3 is 1. The number of carbonyl (C=O) groups is 4. The number of esters is 1. The topological polar surface area (TPSA) is 207 Å². The van der Waals surface area contributed by atoms with Gasteiger partial charge in [-0.2, -0.15) is 0 Å². The zero-order valence-corrected chi connectivity index (χ0v) is 29.6. The number of ether oxygens (including phenoxy) is 5. The number of aliphatic hydroxyl groups is 1. The molecule has 15 heteroatoms. The van der Waals surface area contributed by atoms with Crippen molar-refractivity contribution in [2.45, 2.75) is 59.3 Å². The Morgan fingerprint density at radius 1 is 1.00 bits per heavy atom. The average molecular weight is 718 g/mol. The number of aromatic nitrogens is 1. The van der Waals surface area contributed by atoms with E-state index < -0.39 is 42.7 Å². The molecule has 2 atom stereocenters. The van der Waals surface area contributed by atoms with E-state index in [2.05, 4.69) is 27.5 Å². The molecule has 0 radical (unpaired) electrons. The molecule has 1 heterocycles. The molecule has 2 amide bonds. The van der Waals surface area contributed by atoms with Crippen LogP contribution in [0, 0.1) is 11.3 Å². The molecule has 1 aliphatic rings. The quantitative estimate of drug-likeness (QED) is 0.0569. The molecule has 276 valence electrons. The first-order valence-electron chi connectivity index (χ1n) is 16.6. The number of nitrogens with zero attached hydrogens (tertiary/aromatic N) is 1. The van der Waals surface area contributed by atoms with Crippen molar-refractivity contribution < 1.29 is 48.0 Å². The highest BCUT2D eigenvalue weighted by atomic mass is 16.8. The molecule has 0 spiro atoms. The molecule has 1 fully saturated rings. The highest BCUT2D eigenvalue weighted by Gasteiger charge is 2.28. The smallest absolute Gasteiger partial charge is 0.496 e.